The van der Waals surface area contributed by atoms with Crippen LogP contribution in [0.25, 0.3) is 10.4 Å². The first-order valence-electron chi connectivity index (χ1n) is 4.79. The topological polar surface area (TPSA) is 12.0 Å². The van der Waals surface area contributed by atoms with E-state index >= 15 is 0 Å². The lowest BCUT2D eigenvalue weighted by molar-refractivity contribution is 0.820. The maximum atomic E-state index is 5.94. The molecule has 0 atom stereocenters. The van der Waals surface area contributed by atoms with E-state index in [1.54, 1.807) is 11.3 Å². The molecule has 0 bridgehead atoms. The quantitative estimate of drug-likeness (QED) is 0.857. The number of halogens is 1. The van der Waals surface area contributed by atoms with Gasteiger partial charge in [-0.3, -0.25) is 0 Å². The maximum absolute atomic E-state index is 5.94. The van der Waals surface area contributed by atoms with Crippen LogP contribution in [0.4, 0.5) is 0 Å². The van der Waals surface area contributed by atoms with Crippen LogP contribution in [0.15, 0.2) is 36.4 Å². The first kappa shape index (κ1) is 10.7. The van der Waals surface area contributed by atoms with E-state index in [4.69, 9.17) is 11.6 Å². The highest BCUT2D eigenvalue weighted by Gasteiger charge is 2.05. The molecule has 0 amide bonds. The molecular weight excluding hydrogens is 226 g/mol. The first-order valence-corrected chi connectivity index (χ1v) is 5.99. The van der Waals surface area contributed by atoms with Crippen molar-refractivity contribution in [3.05, 3.63) is 46.3 Å². The van der Waals surface area contributed by atoms with Crippen molar-refractivity contribution in [2.45, 2.75) is 6.54 Å². The summed E-state index contributed by atoms with van der Waals surface area (Å²) in [5.41, 5.74) is 2.57. The average molecular weight is 238 g/mol. The van der Waals surface area contributed by atoms with Gasteiger partial charge in [0.25, 0.3) is 0 Å². The molecule has 78 valence electrons. The fraction of sp³-hybridized carbons (Fsp3) is 0.167. The van der Waals surface area contributed by atoms with E-state index in [0.29, 0.717) is 0 Å². The Morgan fingerprint density at radius 1 is 1.20 bits per heavy atom. The van der Waals surface area contributed by atoms with Gasteiger partial charge in [0.05, 0.1) is 4.34 Å². The smallest absolute Gasteiger partial charge is 0.0934 e. The number of nitrogens with one attached hydrogen (secondary N) is 1. The van der Waals surface area contributed by atoms with Gasteiger partial charge < -0.3 is 5.32 Å². The molecule has 1 heterocycles. The molecule has 0 fully saturated rings. The summed E-state index contributed by atoms with van der Waals surface area (Å²) in [6.07, 6.45) is 0. The zero-order valence-corrected chi connectivity index (χ0v) is 10.0. The lowest BCUT2D eigenvalue weighted by Gasteiger charge is -2.06. The molecule has 0 saturated heterocycles. The number of thiophene rings is 1. The highest BCUT2D eigenvalue weighted by Crippen LogP contribution is 2.32. The summed E-state index contributed by atoms with van der Waals surface area (Å²) in [5.74, 6) is 0. The lowest BCUT2D eigenvalue weighted by atomic mass is 10.1. The Kier molecular flexibility index (Phi) is 3.41. The van der Waals surface area contributed by atoms with E-state index in [1.807, 2.05) is 13.1 Å². The zero-order valence-electron chi connectivity index (χ0n) is 8.46. The third-order valence-electron chi connectivity index (χ3n) is 2.22. The average Bonchev–Trinajstić information content (AvgIpc) is 2.66. The SMILES string of the molecule is CNCc1ccccc1-c1ccc(Cl)s1. The Morgan fingerprint density at radius 3 is 2.67 bits per heavy atom. The Hall–Kier alpha value is -0.830. The van der Waals surface area contributed by atoms with Crippen LogP contribution in [-0.4, -0.2) is 7.05 Å². The van der Waals surface area contributed by atoms with Gasteiger partial charge in [0.2, 0.25) is 0 Å². The minimum absolute atomic E-state index is 0.837. The highest BCUT2D eigenvalue weighted by atomic mass is 35.5. The Labute approximate surface area is 98.7 Å². The van der Waals surface area contributed by atoms with Crippen LogP contribution in [0.3, 0.4) is 0 Å². The van der Waals surface area contributed by atoms with Crippen molar-refractivity contribution in [1.82, 2.24) is 5.32 Å². The summed E-state index contributed by atoms with van der Waals surface area (Å²) in [5, 5.41) is 3.17. The second-order valence-electron chi connectivity index (χ2n) is 3.29. The van der Waals surface area contributed by atoms with Gasteiger partial charge in [-0.25, -0.2) is 0 Å². The summed E-state index contributed by atoms with van der Waals surface area (Å²) in [6, 6.07) is 12.4. The predicted molar refractivity (Wildman–Crippen MR) is 67.5 cm³/mol. The third-order valence-corrected chi connectivity index (χ3v) is 3.49. The van der Waals surface area contributed by atoms with Gasteiger partial charge in [-0.05, 0) is 30.3 Å². The lowest BCUT2D eigenvalue weighted by Crippen LogP contribution is -2.05. The van der Waals surface area contributed by atoms with Crippen LogP contribution >= 0.6 is 22.9 Å². The van der Waals surface area contributed by atoms with Gasteiger partial charge >= 0.3 is 0 Å². The van der Waals surface area contributed by atoms with Gasteiger partial charge in [-0.15, -0.1) is 11.3 Å². The minimum atomic E-state index is 0.837. The largest absolute Gasteiger partial charge is 0.316 e. The van der Waals surface area contributed by atoms with Crippen molar-refractivity contribution in [3.8, 4) is 10.4 Å². The summed E-state index contributed by atoms with van der Waals surface area (Å²) >= 11 is 7.56. The van der Waals surface area contributed by atoms with Crippen molar-refractivity contribution < 1.29 is 0 Å². The van der Waals surface area contributed by atoms with E-state index in [0.717, 1.165) is 10.9 Å². The van der Waals surface area contributed by atoms with Crippen LogP contribution < -0.4 is 5.32 Å². The molecular formula is C12H12ClNS. The molecule has 3 heteroatoms. The molecule has 2 rings (SSSR count). The fourth-order valence-corrected chi connectivity index (χ4v) is 2.67. The third kappa shape index (κ3) is 2.40. The van der Waals surface area contributed by atoms with Gasteiger partial charge in [0.1, 0.15) is 0 Å². The molecule has 0 radical (unpaired) electrons. The van der Waals surface area contributed by atoms with E-state index < -0.39 is 0 Å². The number of hydrogen-bond acceptors (Lipinski definition) is 2. The van der Waals surface area contributed by atoms with Gasteiger partial charge in [0.15, 0.2) is 0 Å². The Balaban J connectivity index is 2.42. The van der Waals surface area contributed by atoms with Crippen molar-refractivity contribution in [3.63, 3.8) is 0 Å². The fourth-order valence-electron chi connectivity index (χ4n) is 1.56. The highest BCUT2D eigenvalue weighted by molar-refractivity contribution is 7.19. The second-order valence-corrected chi connectivity index (χ2v) is 5.01. The van der Waals surface area contributed by atoms with Crippen molar-refractivity contribution in [2.24, 2.45) is 0 Å². The standard InChI is InChI=1S/C12H12ClNS/c1-14-8-9-4-2-3-5-10(9)11-6-7-12(13)15-11/h2-7,14H,8H2,1H3. The first-order chi connectivity index (χ1) is 7.31. The summed E-state index contributed by atoms with van der Waals surface area (Å²) in [7, 11) is 1.96. The summed E-state index contributed by atoms with van der Waals surface area (Å²) < 4.78 is 0.837. The number of rotatable bonds is 3. The van der Waals surface area contributed by atoms with E-state index in [-0.39, 0.29) is 0 Å². The van der Waals surface area contributed by atoms with Gasteiger partial charge in [-0.2, -0.15) is 0 Å². The van der Waals surface area contributed by atoms with Crippen LogP contribution in [0.2, 0.25) is 4.34 Å². The Bertz CT molecular complexity index is 450. The van der Waals surface area contributed by atoms with Crippen LogP contribution in [-0.2, 0) is 6.54 Å². The van der Waals surface area contributed by atoms with E-state index in [2.05, 4.69) is 35.6 Å². The maximum Gasteiger partial charge on any atom is 0.0934 e. The summed E-state index contributed by atoms with van der Waals surface area (Å²) in [6.45, 7) is 0.881. The number of benzene rings is 1. The number of hydrogen-bond donors (Lipinski definition) is 1. The van der Waals surface area contributed by atoms with Crippen LogP contribution in [0.5, 0.6) is 0 Å². The predicted octanol–water partition coefficient (Wildman–Crippen LogP) is 3.79. The molecule has 0 saturated carbocycles. The summed E-state index contributed by atoms with van der Waals surface area (Å²) in [4.78, 5) is 1.23. The van der Waals surface area contributed by atoms with Crippen molar-refractivity contribution in [1.29, 1.82) is 0 Å². The van der Waals surface area contributed by atoms with Crippen molar-refractivity contribution in [2.75, 3.05) is 7.05 Å². The van der Waals surface area contributed by atoms with Gasteiger partial charge in [-0.1, -0.05) is 35.9 Å². The van der Waals surface area contributed by atoms with Crippen molar-refractivity contribution >= 4 is 22.9 Å². The molecule has 1 aromatic heterocycles. The molecule has 0 aliphatic rings. The normalized spacial score (nSPS) is 10.5. The molecule has 15 heavy (non-hydrogen) atoms. The van der Waals surface area contributed by atoms with Crippen LogP contribution in [0, 0.1) is 0 Å². The molecule has 0 unspecified atom stereocenters. The molecule has 0 aliphatic heterocycles. The minimum Gasteiger partial charge on any atom is -0.316 e. The molecule has 0 aliphatic carbocycles. The molecule has 2 aromatic rings. The van der Waals surface area contributed by atoms with E-state index in [1.165, 1.54) is 16.0 Å². The van der Waals surface area contributed by atoms with E-state index in [9.17, 15) is 0 Å². The second kappa shape index (κ2) is 4.79. The Morgan fingerprint density at radius 2 is 2.00 bits per heavy atom. The van der Waals surface area contributed by atoms with Gasteiger partial charge in [0, 0.05) is 11.4 Å². The molecule has 0 spiro atoms. The molecule has 1 nitrogen and oxygen atoms in total. The van der Waals surface area contributed by atoms with Crippen LogP contribution in [0.1, 0.15) is 5.56 Å². The molecule has 1 aromatic carbocycles. The molecule has 1 N–H and O–H groups in total. The monoisotopic (exact) mass is 237 g/mol. The zero-order chi connectivity index (χ0) is 10.7.